The highest BCUT2D eigenvalue weighted by atomic mass is 16.3. The number of fused-ring (bicyclic) bond motifs is 13. The molecule has 14 aromatic rings. The van der Waals surface area contributed by atoms with Crippen LogP contribution in [0.5, 0.6) is 0 Å². The third-order valence-corrected chi connectivity index (χ3v) is 13.6. The molecule has 0 N–H and O–H groups in total. The van der Waals surface area contributed by atoms with Crippen molar-refractivity contribution in [3.63, 3.8) is 0 Å². The van der Waals surface area contributed by atoms with Gasteiger partial charge in [-0.3, -0.25) is 0 Å². The van der Waals surface area contributed by atoms with E-state index in [1.165, 1.54) is 65.3 Å². The van der Waals surface area contributed by atoms with Crippen molar-refractivity contribution in [3.8, 4) is 44.5 Å². The number of hydrogen-bond acceptors (Lipinski definition) is 2. The molecule has 0 atom stereocenters. The number of benzene rings is 12. The summed E-state index contributed by atoms with van der Waals surface area (Å²) < 4.78 is 13.8. The lowest BCUT2D eigenvalue weighted by atomic mass is 9.84. The second kappa shape index (κ2) is 13.5. The van der Waals surface area contributed by atoms with Gasteiger partial charge in [0.25, 0.3) is 0 Å². The van der Waals surface area contributed by atoms with E-state index in [-0.39, 0.29) is 0 Å². The average Bonchev–Trinajstić information content (AvgIpc) is 3.95. The molecular formula is C62H36O2. The van der Waals surface area contributed by atoms with Crippen LogP contribution in [0.15, 0.2) is 227 Å². The molecule has 0 fully saturated rings. The van der Waals surface area contributed by atoms with Crippen molar-refractivity contribution in [2.45, 2.75) is 0 Å². The molecule has 2 aromatic heterocycles. The first-order valence-electron chi connectivity index (χ1n) is 22.0. The number of para-hydroxylation sites is 2. The number of rotatable bonds is 4. The molecule has 0 saturated carbocycles. The normalized spacial score (nSPS) is 12.1. The molecule has 2 heterocycles. The van der Waals surface area contributed by atoms with Gasteiger partial charge in [-0.2, -0.15) is 0 Å². The van der Waals surface area contributed by atoms with Gasteiger partial charge < -0.3 is 8.83 Å². The highest BCUT2D eigenvalue weighted by Gasteiger charge is 2.22. The molecule has 0 aliphatic rings. The van der Waals surface area contributed by atoms with E-state index in [0.29, 0.717) is 0 Å². The SMILES string of the molecule is c1ccc(-c2cc(-c3c4cccc(-c5cccc6c5oc5ccc7ccccc7c56)c4cc4c(-c5cccc6c5oc5ccc7ccccc7c56)cccc34)c3ccccc3c2)cc1. The molecule has 12 aromatic carbocycles. The molecule has 0 unspecified atom stereocenters. The minimum absolute atomic E-state index is 0.894. The summed E-state index contributed by atoms with van der Waals surface area (Å²) in [5.74, 6) is 0. The lowest BCUT2D eigenvalue weighted by Crippen LogP contribution is -1.92. The highest BCUT2D eigenvalue weighted by molar-refractivity contribution is 6.26. The Kier molecular flexibility index (Phi) is 7.43. The Labute approximate surface area is 367 Å². The van der Waals surface area contributed by atoms with E-state index in [1.807, 2.05) is 0 Å². The summed E-state index contributed by atoms with van der Waals surface area (Å²) >= 11 is 0. The van der Waals surface area contributed by atoms with Crippen molar-refractivity contribution >= 4 is 97.7 Å². The zero-order chi connectivity index (χ0) is 41.9. The summed E-state index contributed by atoms with van der Waals surface area (Å²) in [6, 6.07) is 79.3. The first-order valence-corrected chi connectivity index (χ1v) is 22.0. The second-order valence-electron chi connectivity index (χ2n) is 17.1. The largest absolute Gasteiger partial charge is 0.455 e. The van der Waals surface area contributed by atoms with E-state index in [1.54, 1.807) is 0 Å². The number of hydrogen-bond donors (Lipinski definition) is 0. The van der Waals surface area contributed by atoms with Gasteiger partial charge in [0.15, 0.2) is 0 Å². The van der Waals surface area contributed by atoms with Crippen LogP contribution in [0, 0.1) is 0 Å². The van der Waals surface area contributed by atoms with E-state index >= 15 is 0 Å². The van der Waals surface area contributed by atoms with Crippen molar-refractivity contribution in [3.05, 3.63) is 218 Å². The standard InChI is InChI=1S/C62H36O2/c1-2-14-37(15-3-1)41-34-40-18-6-7-19-42(40)55(35-41)58-47-24-10-22-45(49-26-12-28-51-59-43-20-8-4-16-38(43)30-32-56(59)63-61(49)51)53(47)36-54-46(23-11-25-48(54)58)50-27-13-29-52-60-44-21-9-5-17-39(44)31-33-57(60)64-62(50)52/h1-36H. The molecule has 0 aliphatic carbocycles. The minimum atomic E-state index is 0.894. The van der Waals surface area contributed by atoms with Gasteiger partial charge in [0.2, 0.25) is 0 Å². The molecular weight excluding hydrogens is 777 g/mol. The van der Waals surface area contributed by atoms with E-state index in [2.05, 4.69) is 218 Å². The van der Waals surface area contributed by atoms with Crippen LogP contribution in [0.3, 0.4) is 0 Å². The zero-order valence-corrected chi connectivity index (χ0v) is 34.6. The van der Waals surface area contributed by atoms with E-state index in [0.717, 1.165) is 76.9 Å². The Bertz CT molecular complexity index is 4030. The molecule has 0 amide bonds. The Hall–Kier alpha value is -8.46. The first kappa shape index (κ1) is 35.2. The summed E-state index contributed by atoms with van der Waals surface area (Å²) in [5, 5.41) is 16.5. The fourth-order valence-corrected chi connectivity index (χ4v) is 10.8. The van der Waals surface area contributed by atoms with Crippen molar-refractivity contribution in [1.82, 2.24) is 0 Å². The van der Waals surface area contributed by atoms with Crippen LogP contribution in [-0.2, 0) is 0 Å². The van der Waals surface area contributed by atoms with Crippen molar-refractivity contribution < 1.29 is 8.83 Å². The van der Waals surface area contributed by atoms with Gasteiger partial charge in [-0.1, -0.05) is 188 Å². The van der Waals surface area contributed by atoms with Crippen LogP contribution in [0.2, 0.25) is 0 Å². The maximum absolute atomic E-state index is 6.91. The van der Waals surface area contributed by atoms with Crippen LogP contribution < -0.4 is 0 Å². The average molecular weight is 813 g/mol. The zero-order valence-electron chi connectivity index (χ0n) is 34.6. The predicted octanol–water partition coefficient (Wildman–Crippen LogP) is 17.9. The van der Waals surface area contributed by atoms with Gasteiger partial charge in [-0.15, -0.1) is 0 Å². The Balaban J connectivity index is 1.12. The van der Waals surface area contributed by atoms with Crippen molar-refractivity contribution in [2.24, 2.45) is 0 Å². The monoisotopic (exact) mass is 812 g/mol. The Morgan fingerprint density at radius 2 is 0.688 bits per heavy atom. The van der Waals surface area contributed by atoms with E-state index < -0.39 is 0 Å². The fourth-order valence-electron chi connectivity index (χ4n) is 10.8. The van der Waals surface area contributed by atoms with Crippen molar-refractivity contribution in [1.29, 1.82) is 0 Å². The van der Waals surface area contributed by atoms with E-state index in [9.17, 15) is 0 Å². The van der Waals surface area contributed by atoms with Crippen molar-refractivity contribution in [2.75, 3.05) is 0 Å². The lowest BCUT2D eigenvalue weighted by Gasteiger charge is -2.19. The van der Waals surface area contributed by atoms with Crippen LogP contribution in [-0.4, -0.2) is 0 Å². The topological polar surface area (TPSA) is 26.3 Å². The maximum Gasteiger partial charge on any atom is 0.143 e. The molecule has 0 bridgehead atoms. The summed E-state index contributed by atoms with van der Waals surface area (Å²) in [6.07, 6.45) is 0. The molecule has 64 heavy (non-hydrogen) atoms. The van der Waals surface area contributed by atoms with Gasteiger partial charge in [0.05, 0.1) is 0 Å². The lowest BCUT2D eigenvalue weighted by molar-refractivity contribution is 0.670. The van der Waals surface area contributed by atoms with Crippen LogP contribution in [0.4, 0.5) is 0 Å². The maximum atomic E-state index is 6.91. The fraction of sp³-hybridized carbons (Fsp3) is 0. The molecule has 0 radical (unpaired) electrons. The summed E-state index contributed by atoms with van der Waals surface area (Å²) in [5.41, 5.74) is 12.7. The molecule has 296 valence electrons. The molecule has 0 saturated heterocycles. The van der Waals surface area contributed by atoms with Gasteiger partial charge in [-0.05, 0) is 118 Å². The second-order valence-corrected chi connectivity index (χ2v) is 17.1. The predicted molar refractivity (Wildman–Crippen MR) is 270 cm³/mol. The van der Waals surface area contributed by atoms with Gasteiger partial charge >= 0.3 is 0 Å². The summed E-state index contributed by atoms with van der Waals surface area (Å²) in [6.45, 7) is 0. The molecule has 0 aliphatic heterocycles. The molecule has 14 rings (SSSR count). The van der Waals surface area contributed by atoms with E-state index in [4.69, 9.17) is 8.83 Å². The third-order valence-electron chi connectivity index (χ3n) is 13.6. The minimum Gasteiger partial charge on any atom is -0.455 e. The van der Waals surface area contributed by atoms with Gasteiger partial charge in [0.1, 0.15) is 22.3 Å². The number of furan rings is 2. The molecule has 2 heteroatoms. The third kappa shape index (κ3) is 5.08. The summed E-state index contributed by atoms with van der Waals surface area (Å²) in [7, 11) is 0. The van der Waals surface area contributed by atoms with Crippen LogP contribution in [0.25, 0.3) is 142 Å². The summed E-state index contributed by atoms with van der Waals surface area (Å²) in [4.78, 5) is 0. The van der Waals surface area contributed by atoms with Gasteiger partial charge in [-0.25, -0.2) is 0 Å². The first-order chi connectivity index (χ1) is 31.7. The smallest absolute Gasteiger partial charge is 0.143 e. The van der Waals surface area contributed by atoms with Crippen LogP contribution in [0.1, 0.15) is 0 Å². The highest BCUT2D eigenvalue weighted by Crippen LogP contribution is 2.49. The molecule has 0 spiro atoms. The quantitative estimate of drug-likeness (QED) is 0.166. The Morgan fingerprint density at radius 3 is 1.25 bits per heavy atom. The Morgan fingerprint density at radius 1 is 0.234 bits per heavy atom. The van der Waals surface area contributed by atoms with Gasteiger partial charge in [0, 0.05) is 32.7 Å². The van der Waals surface area contributed by atoms with Crippen LogP contribution >= 0.6 is 0 Å². The molecule has 2 nitrogen and oxygen atoms in total.